The van der Waals surface area contributed by atoms with Gasteiger partial charge in [-0.2, -0.15) is 13.2 Å². The molecule has 26 heavy (non-hydrogen) atoms. The molecule has 0 spiro atoms. The summed E-state index contributed by atoms with van der Waals surface area (Å²) in [5.74, 6) is -0.511. The highest BCUT2D eigenvalue weighted by atomic mass is 32.2. The van der Waals surface area contributed by atoms with Crippen LogP contribution in [0.4, 0.5) is 13.2 Å². The molecule has 0 saturated heterocycles. The van der Waals surface area contributed by atoms with E-state index in [1.54, 1.807) is 13.0 Å². The van der Waals surface area contributed by atoms with Crippen molar-refractivity contribution in [3.05, 3.63) is 53.5 Å². The Hall–Kier alpha value is -2.69. The summed E-state index contributed by atoms with van der Waals surface area (Å²) in [6, 6.07) is 5.46. The quantitative estimate of drug-likeness (QED) is 0.852. The lowest BCUT2D eigenvalue weighted by Gasteiger charge is -2.15. The Morgan fingerprint density at radius 2 is 1.81 bits per heavy atom. The van der Waals surface area contributed by atoms with Crippen LogP contribution in [0, 0.1) is 6.92 Å². The van der Waals surface area contributed by atoms with Crippen molar-refractivity contribution in [2.75, 3.05) is 0 Å². The van der Waals surface area contributed by atoms with E-state index in [4.69, 9.17) is 4.42 Å². The molecule has 3 rings (SSSR count). The summed E-state index contributed by atoms with van der Waals surface area (Å²) in [7, 11) is -4.24. The van der Waals surface area contributed by atoms with Crippen LogP contribution in [-0.4, -0.2) is 20.5 Å². The third-order valence-corrected chi connectivity index (χ3v) is 5.19. The Morgan fingerprint density at radius 3 is 2.27 bits per heavy atom. The minimum atomic E-state index is -4.71. The van der Waals surface area contributed by atoms with Crippen LogP contribution in [0.2, 0.25) is 0 Å². The normalized spacial score (nSPS) is 15.7. The predicted molar refractivity (Wildman–Crippen MR) is 81.5 cm³/mol. The second kappa shape index (κ2) is 5.94. The van der Waals surface area contributed by atoms with Gasteiger partial charge in [0.1, 0.15) is 5.76 Å². The Kier molecular flexibility index (Phi) is 4.14. The van der Waals surface area contributed by atoms with Crippen molar-refractivity contribution in [3.63, 3.8) is 0 Å². The molecule has 0 fully saturated rings. The molecule has 1 aromatic heterocycles. The number of hydrogen-bond donors (Lipinski definition) is 1. The molecule has 1 aliphatic heterocycles. The smallest absolute Gasteiger partial charge is 0.442 e. The number of carbonyl (C=O) groups is 1. The van der Waals surface area contributed by atoms with Crippen LogP contribution < -0.4 is 4.72 Å². The molecular weight excluding hydrogens is 375 g/mol. The van der Waals surface area contributed by atoms with Gasteiger partial charge in [-0.05, 0) is 30.7 Å². The molecule has 2 heterocycles. The standard InChI is InChI=1S/C15H12F3N3O4S/c1-9-6-7-25-12(9)8-13(22)19-26(23,24)11-4-2-10(3-5-11)14(20-21-14)15(16,17)18/h2-7H,8H2,1H3,(H,19,22). The first-order valence-electron chi connectivity index (χ1n) is 7.25. The molecule has 1 aliphatic rings. The zero-order valence-electron chi connectivity index (χ0n) is 13.2. The number of nitrogens with zero attached hydrogens (tertiary/aromatic N) is 2. The summed E-state index contributed by atoms with van der Waals surface area (Å²) in [5, 5.41) is 6.07. The molecule has 11 heteroatoms. The lowest BCUT2D eigenvalue weighted by Crippen LogP contribution is -2.32. The molecule has 1 N–H and O–H groups in total. The molecule has 2 aromatic rings. The van der Waals surface area contributed by atoms with Gasteiger partial charge in [0.15, 0.2) is 0 Å². The number of hydrogen-bond acceptors (Lipinski definition) is 6. The Bertz CT molecular complexity index is 972. The van der Waals surface area contributed by atoms with Gasteiger partial charge in [0.05, 0.1) is 17.6 Å². The number of furan rings is 1. The summed E-state index contributed by atoms with van der Waals surface area (Å²) in [4.78, 5) is 11.5. The minimum absolute atomic E-state index is 0.287. The molecule has 0 atom stereocenters. The molecule has 138 valence electrons. The second-order valence-corrected chi connectivity index (χ2v) is 7.31. The molecule has 0 saturated carbocycles. The number of benzene rings is 1. The van der Waals surface area contributed by atoms with E-state index >= 15 is 0 Å². The van der Waals surface area contributed by atoms with Crippen LogP contribution in [0.1, 0.15) is 16.9 Å². The van der Waals surface area contributed by atoms with Gasteiger partial charge in [0, 0.05) is 5.56 Å². The van der Waals surface area contributed by atoms with Gasteiger partial charge in [-0.25, -0.2) is 13.1 Å². The number of sulfonamides is 1. The number of aryl methyl sites for hydroxylation is 1. The van der Waals surface area contributed by atoms with E-state index in [9.17, 15) is 26.4 Å². The van der Waals surface area contributed by atoms with Crippen molar-refractivity contribution in [3.8, 4) is 0 Å². The highest BCUT2D eigenvalue weighted by molar-refractivity contribution is 7.90. The Labute approximate surface area is 146 Å². The number of nitrogens with one attached hydrogen (secondary N) is 1. The molecule has 0 aliphatic carbocycles. The number of amides is 1. The van der Waals surface area contributed by atoms with Crippen molar-refractivity contribution in [2.24, 2.45) is 10.2 Å². The largest absolute Gasteiger partial charge is 0.469 e. The van der Waals surface area contributed by atoms with Crippen LogP contribution >= 0.6 is 0 Å². The fraction of sp³-hybridized carbons (Fsp3) is 0.267. The SMILES string of the molecule is Cc1ccoc1CC(=O)NS(=O)(=O)c1ccc(C2(C(F)(F)F)N=N2)cc1. The van der Waals surface area contributed by atoms with E-state index in [2.05, 4.69) is 10.2 Å². The topological polar surface area (TPSA) is 101 Å². The van der Waals surface area contributed by atoms with Crippen LogP contribution in [0.25, 0.3) is 0 Å². The van der Waals surface area contributed by atoms with Gasteiger partial charge < -0.3 is 4.42 Å². The zero-order chi connectivity index (χ0) is 19.2. The predicted octanol–water partition coefficient (Wildman–Crippen LogP) is 2.82. The van der Waals surface area contributed by atoms with E-state index in [0.29, 0.717) is 11.3 Å². The van der Waals surface area contributed by atoms with Crippen LogP contribution in [0.15, 0.2) is 56.1 Å². The maximum absolute atomic E-state index is 12.9. The van der Waals surface area contributed by atoms with Crippen LogP contribution in [0.3, 0.4) is 0 Å². The van der Waals surface area contributed by atoms with Gasteiger partial charge in [0.25, 0.3) is 10.0 Å². The van der Waals surface area contributed by atoms with Crippen molar-refractivity contribution in [2.45, 2.75) is 30.1 Å². The molecule has 1 amide bonds. The number of carbonyl (C=O) groups excluding carboxylic acids is 1. The monoisotopic (exact) mass is 387 g/mol. The summed E-state index contributed by atoms with van der Waals surface area (Å²) < 4.78 is 70.1. The van der Waals surface area contributed by atoms with Gasteiger partial charge in [0.2, 0.25) is 5.91 Å². The van der Waals surface area contributed by atoms with Gasteiger partial charge in [-0.1, -0.05) is 12.1 Å². The summed E-state index contributed by atoms with van der Waals surface area (Å²) in [5.41, 5.74) is -2.24. The first kappa shape index (κ1) is 18.1. The van der Waals surface area contributed by atoms with Gasteiger partial charge in [-0.3, -0.25) is 4.79 Å². The van der Waals surface area contributed by atoms with Crippen molar-refractivity contribution >= 4 is 15.9 Å². The maximum atomic E-state index is 12.9. The summed E-state index contributed by atoms with van der Waals surface area (Å²) in [6.45, 7) is 1.70. The third kappa shape index (κ3) is 3.21. The first-order chi connectivity index (χ1) is 12.1. The fourth-order valence-electron chi connectivity index (χ4n) is 2.28. The minimum Gasteiger partial charge on any atom is -0.469 e. The van der Waals surface area contributed by atoms with Gasteiger partial charge in [-0.15, -0.1) is 10.2 Å². The van der Waals surface area contributed by atoms with Crippen molar-refractivity contribution in [1.29, 1.82) is 0 Å². The third-order valence-electron chi connectivity index (χ3n) is 3.80. The number of rotatable bonds is 5. The highest BCUT2D eigenvalue weighted by Gasteiger charge is 2.65. The van der Waals surface area contributed by atoms with Crippen LogP contribution in [0.5, 0.6) is 0 Å². The summed E-state index contributed by atoms with van der Waals surface area (Å²) in [6.07, 6.45) is -3.62. The van der Waals surface area contributed by atoms with E-state index in [1.807, 2.05) is 4.72 Å². The van der Waals surface area contributed by atoms with E-state index < -0.39 is 27.8 Å². The lowest BCUT2D eigenvalue weighted by molar-refractivity contribution is -0.166. The van der Waals surface area contributed by atoms with Crippen LogP contribution in [-0.2, 0) is 26.9 Å². The molecular formula is C15H12F3N3O4S. The zero-order valence-corrected chi connectivity index (χ0v) is 14.1. The highest BCUT2D eigenvalue weighted by Crippen LogP contribution is 2.52. The molecule has 0 radical (unpaired) electrons. The first-order valence-corrected chi connectivity index (χ1v) is 8.73. The molecule has 0 bridgehead atoms. The van der Waals surface area contributed by atoms with E-state index in [1.165, 1.54) is 6.26 Å². The average molecular weight is 387 g/mol. The van der Waals surface area contributed by atoms with E-state index in [-0.39, 0.29) is 16.9 Å². The fourth-order valence-corrected chi connectivity index (χ4v) is 3.27. The lowest BCUT2D eigenvalue weighted by atomic mass is 10.0. The Balaban J connectivity index is 1.74. The van der Waals surface area contributed by atoms with Crippen molar-refractivity contribution < 1.29 is 30.8 Å². The molecule has 7 nitrogen and oxygen atoms in total. The van der Waals surface area contributed by atoms with Crippen molar-refractivity contribution in [1.82, 2.24) is 4.72 Å². The van der Waals surface area contributed by atoms with E-state index in [0.717, 1.165) is 24.3 Å². The number of alkyl halides is 3. The van der Waals surface area contributed by atoms with Gasteiger partial charge >= 0.3 is 11.8 Å². The Morgan fingerprint density at radius 1 is 1.19 bits per heavy atom. The average Bonchev–Trinajstić information content (AvgIpc) is 3.27. The molecule has 1 aromatic carbocycles. The molecule has 0 unspecified atom stereocenters. The second-order valence-electron chi connectivity index (χ2n) is 5.63. The number of halogens is 3. The maximum Gasteiger partial charge on any atom is 0.442 e. The summed E-state index contributed by atoms with van der Waals surface area (Å²) >= 11 is 0.